The summed E-state index contributed by atoms with van der Waals surface area (Å²) in [4.78, 5) is 0. The van der Waals surface area contributed by atoms with E-state index in [2.05, 4.69) is 30.1 Å². The third-order valence-corrected chi connectivity index (χ3v) is 5.03. The van der Waals surface area contributed by atoms with Crippen molar-refractivity contribution in [3.8, 4) is 0 Å². The molecule has 1 rings (SSSR count). The Kier molecular flexibility index (Phi) is 12.2. The zero-order chi connectivity index (χ0) is 15.9. The van der Waals surface area contributed by atoms with E-state index < -0.39 is 0 Å². The van der Waals surface area contributed by atoms with Crippen molar-refractivity contribution in [2.45, 2.75) is 97.3 Å². The molecule has 0 radical (unpaired) electrons. The summed E-state index contributed by atoms with van der Waals surface area (Å²) >= 11 is 1.63. The maximum absolute atomic E-state index is 4.10. The van der Waals surface area contributed by atoms with E-state index in [4.69, 9.17) is 0 Å². The fourth-order valence-electron chi connectivity index (χ4n) is 2.74. The standard InChI is InChI=1S/C19H34N2S/c1-3-4-5-6-7-8-9-10-11-12-13-14-15-16-18(2)19-21-20-17-22-19/h16-17H,3-15H2,1-2H3. The zero-order valence-electron chi connectivity index (χ0n) is 14.6. The number of nitrogens with zero attached hydrogens (tertiary/aromatic N) is 2. The van der Waals surface area contributed by atoms with Gasteiger partial charge in [-0.05, 0) is 25.3 Å². The molecule has 0 aliphatic carbocycles. The number of aromatic nitrogens is 2. The molecule has 0 spiro atoms. The molecule has 1 heterocycles. The molecular formula is C19H34N2S. The molecule has 0 fully saturated rings. The monoisotopic (exact) mass is 322 g/mol. The molecule has 0 unspecified atom stereocenters. The van der Waals surface area contributed by atoms with Crippen molar-refractivity contribution >= 4 is 16.9 Å². The van der Waals surface area contributed by atoms with Gasteiger partial charge in [-0.3, -0.25) is 0 Å². The Bertz CT molecular complexity index is 371. The lowest BCUT2D eigenvalue weighted by atomic mass is 10.0. The summed E-state index contributed by atoms with van der Waals surface area (Å²) in [6.07, 6.45) is 20.5. The Morgan fingerprint density at radius 2 is 1.45 bits per heavy atom. The Hall–Kier alpha value is -0.700. The fourth-order valence-corrected chi connectivity index (χ4v) is 3.29. The second kappa shape index (κ2) is 13.9. The van der Waals surface area contributed by atoms with Gasteiger partial charge in [-0.1, -0.05) is 83.6 Å². The first-order chi connectivity index (χ1) is 10.8. The topological polar surface area (TPSA) is 25.8 Å². The maximum atomic E-state index is 4.10. The van der Waals surface area contributed by atoms with Gasteiger partial charge in [-0.2, -0.15) is 0 Å². The maximum Gasteiger partial charge on any atom is 0.142 e. The van der Waals surface area contributed by atoms with Crippen LogP contribution in [-0.4, -0.2) is 10.2 Å². The number of hydrogen-bond donors (Lipinski definition) is 0. The molecule has 3 heteroatoms. The van der Waals surface area contributed by atoms with Gasteiger partial charge in [0, 0.05) is 0 Å². The van der Waals surface area contributed by atoms with E-state index in [0.29, 0.717) is 0 Å². The van der Waals surface area contributed by atoms with Gasteiger partial charge in [-0.25, -0.2) is 0 Å². The molecule has 0 bridgehead atoms. The third-order valence-electron chi connectivity index (χ3n) is 4.21. The van der Waals surface area contributed by atoms with Crippen molar-refractivity contribution < 1.29 is 0 Å². The Morgan fingerprint density at radius 3 is 1.95 bits per heavy atom. The van der Waals surface area contributed by atoms with Gasteiger partial charge in [0.25, 0.3) is 0 Å². The Balaban J connectivity index is 1.83. The van der Waals surface area contributed by atoms with Crippen LogP contribution in [0.5, 0.6) is 0 Å². The quantitative estimate of drug-likeness (QED) is 0.343. The van der Waals surface area contributed by atoms with E-state index in [1.165, 1.54) is 89.0 Å². The van der Waals surface area contributed by atoms with Gasteiger partial charge in [0.05, 0.1) is 0 Å². The van der Waals surface area contributed by atoms with Crippen molar-refractivity contribution in [1.82, 2.24) is 10.2 Å². The number of unbranched alkanes of at least 4 members (excludes halogenated alkanes) is 12. The van der Waals surface area contributed by atoms with Crippen molar-refractivity contribution in [3.63, 3.8) is 0 Å². The van der Waals surface area contributed by atoms with Gasteiger partial charge in [0.1, 0.15) is 10.5 Å². The number of rotatable bonds is 14. The molecule has 0 atom stereocenters. The molecule has 1 aromatic rings. The van der Waals surface area contributed by atoms with E-state index in [0.717, 1.165) is 5.01 Å². The summed E-state index contributed by atoms with van der Waals surface area (Å²) in [5.74, 6) is 0. The third kappa shape index (κ3) is 10.1. The van der Waals surface area contributed by atoms with E-state index >= 15 is 0 Å². The normalized spacial score (nSPS) is 12.0. The van der Waals surface area contributed by atoms with Crippen LogP contribution in [0.2, 0.25) is 0 Å². The van der Waals surface area contributed by atoms with Crippen LogP contribution < -0.4 is 0 Å². The number of allylic oxidation sites excluding steroid dienone is 2. The van der Waals surface area contributed by atoms with E-state index in [1.54, 1.807) is 16.8 Å². The molecule has 0 amide bonds. The highest BCUT2D eigenvalue weighted by atomic mass is 32.1. The lowest BCUT2D eigenvalue weighted by molar-refractivity contribution is 0.545. The first kappa shape index (κ1) is 19.3. The largest absolute Gasteiger partial charge is 0.147 e. The lowest BCUT2D eigenvalue weighted by Gasteiger charge is -2.02. The fraction of sp³-hybridized carbons (Fsp3) is 0.789. The first-order valence-electron chi connectivity index (χ1n) is 9.28. The molecule has 0 saturated carbocycles. The number of hydrogen-bond acceptors (Lipinski definition) is 3. The van der Waals surface area contributed by atoms with Crippen molar-refractivity contribution in [1.29, 1.82) is 0 Å². The molecular weight excluding hydrogens is 288 g/mol. The van der Waals surface area contributed by atoms with Crippen LogP contribution in [-0.2, 0) is 0 Å². The van der Waals surface area contributed by atoms with Crippen LogP contribution >= 0.6 is 11.3 Å². The summed E-state index contributed by atoms with van der Waals surface area (Å²) in [6.45, 7) is 4.43. The Morgan fingerprint density at radius 1 is 0.909 bits per heavy atom. The first-order valence-corrected chi connectivity index (χ1v) is 10.2. The van der Waals surface area contributed by atoms with Gasteiger partial charge >= 0.3 is 0 Å². The van der Waals surface area contributed by atoms with Crippen LogP contribution in [0.3, 0.4) is 0 Å². The van der Waals surface area contributed by atoms with E-state index in [-0.39, 0.29) is 0 Å². The summed E-state index contributed by atoms with van der Waals surface area (Å²) in [5, 5.41) is 9.05. The van der Waals surface area contributed by atoms with Crippen molar-refractivity contribution in [2.75, 3.05) is 0 Å². The molecule has 1 aromatic heterocycles. The second-order valence-electron chi connectivity index (χ2n) is 6.31. The SMILES string of the molecule is CCCCCCCCCCCCCCC=C(C)c1nncs1. The molecule has 22 heavy (non-hydrogen) atoms. The molecule has 2 nitrogen and oxygen atoms in total. The van der Waals surface area contributed by atoms with E-state index in [9.17, 15) is 0 Å². The minimum absolute atomic E-state index is 1.07. The minimum Gasteiger partial charge on any atom is -0.147 e. The predicted octanol–water partition coefficient (Wildman–Crippen LogP) is 7.03. The van der Waals surface area contributed by atoms with Crippen LogP contribution in [0.25, 0.3) is 5.57 Å². The second-order valence-corrected chi connectivity index (χ2v) is 7.14. The van der Waals surface area contributed by atoms with Crippen LogP contribution in [0.1, 0.15) is 102 Å². The summed E-state index contributed by atoms with van der Waals surface area (Å²) in [5.41, 5.74) is 3.09. The van der Waals surface area contributed by atoms with Crippen LogP contribution in [0, 0.1) is 0 Å². The molecule has 126 valence electrons. The summed E-state index contributed by atoms with van der Waals surface area (Å²) < 4.78 is 0. The van der Waals surface area contributed by atoms with Gasteiger partial charge in [-0.15, -0.1) is 21.5 Å². The van der Waals surface area contributed by atoms with E-state index in [1.807, 2.05) is 0 Å². The lowest BCUT2D eigenvalue weighted by Crippen LogP contribution is -1.83. The van der Waals surface area contributed by atoms with Crippen molar-refractivity contribution in [3.05, 3.63) is 16.6 Å². The molecule has 0 aliphatic rings. The molecule has 0 saturated heterocycles. The highest BCUT2D eigenvalue weighted by Gasteiger charge is 1.98. The van der Waals surface area contributed by atoms with Gasteiger partial charge < -0.3 is 0 Å². The zero-order valence-corrected chi connectivity index (χ0v) is 15.5. The summed E-state index contributed by atoms with van der Waals surface area (Å²) in [7, 11) is 0. The molecule has 0 N–H and O–H groups in total. The predicted molar refractivity (Wildman–Crippen MR) is 99.3 cm³/mol. The van der Waals surface area contributed by atoms with Gasteiger partial charge in [0.15, 0.2) is 0 Å². The highest BCUT2D eigenvalue weighted by Crippen LogP contribution is 2.17. The minimum atomic E-state index is 1.07. The van der Waals surface area contributed by atoms with Crippen molar-refractivity contribution in [2.24, 2.45) is 0 Å². The average molecular weight is 323 g/mol. The Labute approximate surface area is 141 Å². The summed E-state index contributed by atoms with van der Waals surface area (Å²) in [6, 6.07) is 0. The average Bonchev–Trinajstić information content (AvgIpc) is 3.06. The smallest absolute Gasteiger partial charge is 0.142 e. The molecule has 0 aromatic carbocycles. The van der Waals surface area contributed by atoms with Gasteiger partial charge in [0.2, 0.25) is 0 Å². The molecule has 0 aliphatic heterocycles. The van der Waals surface area contributed by atoms with Crippen LogP contribution in [0.4, 0.5) is 0 Å². The van der Waals surface area contributed by atoms with Crippen LogP contribution in [0.15, 0.2) is 11.6 Å². The highest BCUT2D eigenvalue weighted by molar-refractivity contribution is 7.10.